The van der Waals surface area contributed by atoms with Gasteiger partial charge in [0.15, 0.2) is 0 Å². The Bertz CT molecular complexity index is 56.8. The zero-order valence-electron chi connectivity index (χ0n) is 3.89. The summed E-state index contributed by atoms with van der Waals surface area (Å²) in [6, 6.07) is 0. The molecular formula is C3H5OS-. The Hall–Kier alpha value is 0.310. The third-order valence-corrected chi connectivity index (χ3v) is 1.05. The van der Waals surface area contributed by atoms with Crippen molar-refractivity contribution in [1.29, 1.82) is 0 Å². The lowest BCUT2D eigenvalue weighted by atomic mass is 11.0. The van der Waals surface area contributed by atoms with Crippen LogP contribution in [0.15, 0.2) is 0 Å². The van der Waals surface area contributed by atoms with E-state index in [9.17, 15) is 0 Å². The average Bonchev–Trinajstić information content (AvgIpc) is 2.19. The normalized spacial score (nSPS) is 41.0. The van der Waals surface area contributed by atoms with Gasteiger partial charge in [-0.1, -0.05) is 0 Å². The third-order valence-electron chi connectivity index (χ3n) is 0.428. The molecule has 1 aliphatic rings. The fourth-order valence-electron chi connectivity index (χ4n) is 0.124. The molecule has 1 aliphatic heterocycles. The van der Waals surface area contributed by atoms with Crippen molar-refractivity contribution < 1.29 is 6.11 Å². The van der Waals surface area contributed by atoms with Gasteiger partial charge in [-0.2, -0.15) is 19.7 Å². The van der Waals surface area contributed by atoms with Crippen molar-refractivity contribution >= 4 is 11.8 Å². The molecule has 0 spiro atoms. The van der Waals surface area contributed by atoms with Crippen molar-refractivity contribution in [1.82, 2.24) is 0 Å². The molecule has 1 unspecified atom stereocenters. The highest BCUT2D eigenvalue weighted by Gasteiger charge is 2.01. The van der Waals surface area contributed by atoms with Gasteiger partial charge in [-0.25, -0.2) is 0 Å². The van der Waals surface area contributed by atoms with E-state index in [4.69, 9.17) is 1.37 Å². The van der Waals surface area contributed by atoms with E-state index in [0.717, 1.165) is 0 Å². The number of thioether (sulfide) groups is 1. The summed E-state index contributed by atoms with van der Waals surface area (Å²) in [6.45, 7) is 0.419. The van der Waals surface area contributed by atoms with Gasteiger partial charge in [0.2, 0.25) is 0 Å². The van der Waals surface area contributed by atoms with Crippen molar-refractivity contribution in [3.05, 3.63) is 6.58 Å². The zero-order chi connectivity index (χ0) is 4.57. The highest BCUT2D eigenvalue weighted by Crippen LogP contribution is 2.25. The van der Waals surface area contributed by atoms with E-state index < -0.39 is 0 Å². The van der Waals surface area contributed by atoms with E-state index >= 15 is 0 Å². The third kappa shape index (κ3) is 0.816. The lowest BCUT2D eigenvalue weighted by Crippen LogP contribution is -1.61. The van der Waals surface area contributed by atoms with Crippen molar-refractivity contribution in [3.8, 4) is 0 Å². The monoisotopic (exact) mass is 90.0 g/mol. The molecule has 0 aromatic rings. The molecule has 1 atom stereocenters. The van der Waals surface area contributed by atoms with E-state index in [0.29, 0.717) is 6.58 Å². The van der Waals surface area contributed by atoms with Gasteiger partial charge in [-0.3, -0.25) is 0 Å². The molecule has 0 aromatic carbocycles. The first-order valence-electron chi connectivity index (χ1n) is 1.87. The molecule has 0 amide bonds. The quantitative estimate of drug-likeness (QED) is 0.350. The van der Waals surface area contributed by atoms with Crippen molar-refractivity contribution in [3.63, 3.8) is 0 Å². The average molecular weight is 90.1 g/mol. The van der Waals surface area contributed by atoms with Gasteiger partial charge in [0.05, 0.1) is 0 Å². The second-order valence-electron chi connectivity index (χ2n) is 0.803. The summed E-state index contributed by atoms with van der Waals surface area (Å²) in [4.78, 5) is 0. The molecule has 0 radical (unpaired) electrons. The van der Waals surface area contributed by atoms with E-state index in [1.165, 1.54) is 0 Å². The summed E-state index contributed by atoms with van der Waals surface area (Å²) in [6.07, 6.45) is 1.92. The van der Waals surface area contributed by atoms with Gasteiger partial charge in [-0.15, -0.1) is 0 Å². The molecule has 0 N–H and O–H groups in total. The molecular weight excluding hydrogens is 84.1 g/mol. The lowest BCUT2D eigenvalue weighted by molar-refractivity contribution is 0.488. The summed E-state index contributed by atoms with van der Waals surface area (Å²) in [5.41, 5.74) is 0.102. The second kappa shape index (κ2) is 1.19. The Balaban J connectivity index is 2.09. The Kier molecular flexibility index (Phi) is 0.588. The van der Waals surface area contributed by atoms with Crippen LogP contribution in [0.2, 0.25) is 0 Å². The minimum atomic E-state index is 0.102. The van der Waals surface area contributed by atoms with Gasteiger partial charge in [0.25, 0.3) is 0 Å². The van der Waals surface area contributed by atoms with Crippen LogP contribution in [0.25, 0.3) is 0 Å². The molecule has 0 aliphatic carbocycles. The molecule has 1 rings (SSSR count). The fraction of sp³-hybridized carbons (Fsp3) is 0.667. The summed E-state index contributed by atoms with van der Waals surface area (Å²) < 4.78 is 11.3. The van der Waals surface area contributed by atoms with Gasteiger partial charge < -0.3 is 4.74 Å². The lowest BCUT2D eigenvalue weighted by Gasteiger charge is -1.81. The number of rotatable bonds is 1. The van der Waals surface area contributed by atoms with Gasteiger partial charge in [0, 0.05) is 0 Å². The van der Waals surface area contributed by atoms with Crippen molar-refractivity contribution in [2.24, 2.45) is 0 Å². The number of hydrogen-bond acceptors (Lipinski definition) is 2. The predicted octanol–water partition coefficient (Wildman–Crippen LogP) is 0.867. The molecule has 1 saturated heterocycles. The van der Waals surface area contributed by atoms with E-state index in [1.54, 1.807) is 11.8 Å². The Labute approximate surface area is 37.1 Å². The fourth-order valence-corrected chi connectivity index (χ4v) is 0.372. The van der Waals surface area contributed by atoms with E-state index in [2.05, 4.69) is 4.74 Å². The molecule has 0 saturated carbocycles. The topological polar surface area (TPSA) is 12.5 Å². The number of epoxide rings is 1. The van der Waals surface area contributed by atoms with Crippen LogP contribution in [-0.2, 0) is 4.74 Å². The van der Waals surface area contributed by atoms with Crippen LogP contribution in [0.1, 0.15) is 1.37 Å². The largest absolute Gasteiger partial charge is 0.561 e. The van der Waals surface area contributed by atoms with Crippen molar-refractivity contribution in [2.75, 3.05) is 6.26 Å². The molecule has 2 heteroatoms. The van der Waals surface area contributed by atoms with E-state index in [1.807, 2.05) is 6.26 Å². The zero-order valence-corrected chi connectivity index (χ0v) is 3.71. The molecule has 0 bridgehead atoms. The first-order chi connectivity index (χ1) is 2.84. The first kappa shape index (κ1) is 2.48. The molecule has 1 fully saturated rings. The standard InChI is InChI=1S/C3H5OS/c1-5-3-2-4-3/h2-3H,1H3/q-1/i2D. The SMILES string of the molecule is [2H][C-]1OC1SC. The summed E-state index contributed by atoms with van der Waals surface area (Å²) >= 11 is 1.55. The van der Waals surface area contributed by atoms with Crippen molar-refractivity contribution in [2.45, 2.75) is 5.44 Å². The number of hydrogen-bond donors (Lipinski definition) is 0. The summed E-state index contributed by atoms with van der Waals surface area (Å²) in [7, 11) is 0. The van der Waals surface area contributed by atoms with Crippen LogP contribution in [0, 0.1) is 6.58 Å². The van der Waals surface area contributed by atoms with Gasteiger partial charge in [-0.05, 0) is 11.7 Å². The Morgan fingerprint density at radius 3 is 3.00 bits per heavy atom. The molecule has 5 heavy (non-hydrogen) atoms. The number of ether oxygens (including phenoxy) is 1. The predicted molar refractivity (Wildman–Crippen MR) is 22.7 cm³/mol. The maximum absolute atomic E-state index is 6.73. The van der Waals surface area contributed by atoms with Crippen LogP contribution in [0.4, 0.5) is 0 Å². The maximum atomic E-state index is 6.73. The van der Waals surface area contributed by atoms with Gasteiger partial charge >= 0.3 is 0 Å². The minimum absolute atomic E-state index is 0.102. The second-order valence-corrected chi connectivity index (χ2v) is 1.70. The molecule has 30 valence electrons. The molecule has 1 nitrogen and oxygen atoms in total. The van der Waals surface area contributed by atoms with Crippen LogP contribution < -0.4 is 0 Å². The maximum Gasteiger partial charge on any atom is -0.0186 e. The highest BCUT2D eigenvalue weighted by atomic mass is 32.2. The molecule has 1 heterocycles. The smallest absolute Gasteiger partial charge is 0.0186 e. The summed E-state index contributed by atoms with van der Waals surface area (Å²) in [5.74, 6) is 0. The highest BCUT2D eigenvalue weighted by molar-refractivity contribution is 7.99. The van der Waals surface area contributed by atoms with Crippen LogP contribution in [0.5, 0.6) is 0 Å². The van der Waals surface area contributed by atoms with Crippen LogP contribution >= 0.6 is 11.8 Å². The van der Waals surface area contributed by atoms with Gasteiger partial charge in [0.1, 0.15) is 0 Å². The van der Waals surface area contributed by atoms with Crippen LogP contribution in [-0.4, -0.2) is 11.7 Å². The summed E-state index contributed by atoms with van der Waals surface area (Å²) in [5, 5.41) is 0. The Morgan fingerprint density at radius 1 is 2.40 bits per heavy atom. The first-order valence-corrected chi connectivity index (χ1v) is 2.66. The van der Waals surface area contributed by atoms with Crippen LogP contribution in [0.3, 0.4) is 0 Å². The molecule has 0 aromatic heterocycles. The Morgan fingerprint density at radius 2 is 3.00 bits per heavy atom. The minimum Gasteiger partial charge on any atom is -0.561 e. The van der Waals surface area contributed by atoms with E-state index in [-0.39, 0.29) is 5.44 Å².